The van der Waals surface area contributed by atoms with E-state index in [1.165, 1.54) is 0 Å². The highest BCUT2D eigenvalue weighted by Crippen LogP contribution is 2.27. The summed E-state index contributed by atoms with van der Waals surface area (Å²) >= 11 is 0. The zero-order chi connectivity index (χ0) is 24.5. The number of fused-ring (bicyclic) bond motifs is 1. The van der Waals surface area contributed by atoms with E-state index in [1.807, 2.05) is 42.5 Å². The van der Waals surface area contributed by atoms with E-state index in [1.54, 1.807) is 32.0 Å². The van der Waals surface area contributed by atoms with Gasteiger partial charge in [-0.1, -0.05) is 68.7 Å². The number of hydrogen-bond acceptors (Lipinski definition) is 5. The minimum absolute atomic E-state index is 0.00166. The Hall–Kier alpha value is -3.18. The maximum absolute atomic E-state index is 13.2. The second-order valence-electron chi connectivity index (χ2n) is 8.87. The van der Waals surface area contributed by atoms with Crippen molar-refractivity contribution in [2.24, 2.45) is 0 Å². The fourth-order valence-electron chi connectivity index (χ4n) is 3.97. The van der Waals surface area contributed by atoms with E-state index < -0.39 is 12.1 Å². The van der Waals surface area contributed by atoms with E-state index in [2.05, 4.69) is 6.92 Å². The van der Waals surface area contributed by atoms with E-state index in [0.717, 1.165) is 47.6 Å². The van der Waals surface area contributed by atoms with E-state index in [4.69, 9.17) is 9.47 Å². The summed E-state index contributed by atoms with van der Waals surface area (Å²) in [6.45, 7) is 5.54. The van der Waals surface area contributed by atoms with Gasteiger partial charge in [0.05, 0.1) is 12.2 Å². The van der Waals surface area contributed by atoms with Gasteiger partial charge in [0.15, 0.2) is 12.4 Å². The molecule has 3 aromatic carbocycles. The molecule has 34 heavy (non-hydrogen) atoms. The maximum atomic E-state index is 13.2. The van der Waals surface area contributed by atoms with Crippen LogP contribution < -0.4 is 4.74 Å². The Morgan fingerprint density at radius 2 is 1.76 bits per heavy atom. The first kappa shape index (κ1) is 25.4. The molecule has 0 radical (unpaired) electrons. The van der Waals surface area contributed by atoms with Crippen molar-refractivity contribution in [1.29, 1.82) is 0 Å². The van der Waals surface area contributed by atoms with Crippen molar-refractivity contribution in [1.82, 2.24) is 0 Å². The van der Waals surface area contributed by atoms with Gasteiger partial charge in [0, 0.05) is 12.0 Å². The molecule has 3 aromatic rings. The van der Waals surface area contributed by atoms with Crippen molar-refractivity contribution in [2.45, 2.75) is 65.1 Å². The number of aliphatic hydroxyl groups is 1. The molecule has 0 aromatic heterocycles. The van der Waals surface area contributed by atoms with Crippen LogP contribution in [0.3, 0.4) is 0 Å². The van der Waals surface area contributed by atoms with Crippen LogP contribution in [0.2, 0.25) is 0 Å². The van der Waals surface area contributed by atoms with Crippen molar-refractivity contribution >= 4 is 22.5 Å². The number of carbonyl (C=O) groups excluding carboxylic acids is 2. The Morgan fingerprint density at radius 1 is 0.971 bits per heavy atom. The van der Waals surface area contributed by atoms with Gasteiger partial charge < -0.3 is 14.6 Å². The second-order valence-corrected chi connectivity index (χ2v) is 8.87. The summed E-state index contributed by atoms with van der Waals surface area (Å²) in [5.41, 5.74) is 2.34. The van der Waals surface area contributed by atoms with Crippen LogP contribution in [-0.2, 0) is 16.0 Å². The lowest BCUT2D eigenvalue weighted by molar-refractivity contribution is -0.149. The fourth-order valence-corrected chi connectivity index (χ4v) is 3.97. The molecular formula is C29H34O5. The summed E-state index contributed by atoms with van der Waals surface area (Å²) in [6, 6.07) is 18.7. The van der Waals surface area contributed by atoms with E-state index in [9.17, 15) is 14.7 Å². The molecule has 0 amide bonds. The molecule has 0 fully saturated rings. The first-order chi connectivity index (χ1) is 16.4. The summed E-state index contributed by atoms with van der Waals surface area (Å²) in [4.78, 5) is 24.9. The molecule has 1 atom stereocenters. The number of rotatable bonds is 12. The van der Waals surface area contributed by atoms with Crippen LogP contribution in [0, 0.1) is 0 Å². The smallest absolute Gasteiger partial charge is 0.344 e. The van der Waals surface area contributed by atoms with Crippen LogP contribution in [0.25, 0.3) is 10.8 Å². The summed E-state index contributed by atoms with van der Waals surface area (Å²) in [7, 11) is 0. The number of Topliss-reactive ketones (excluding diaryl/α,β-unsaturated/α-hetero) is 1. The van der Waals surface area contributed by atoms with Crippen LogP contribution in [0.4, 0.5) is 0 Å². The molecule has 0 bridgehead atoms. The Bertz CT molecular complexity index is 1120. The minimum atomic E-state index is -0.490. The lowest BCUT2D eigenvalue weighted by Crippen LogP contribution is -2.18. The summed E-state index contributed by atoms with van der Waals surface area (Å²) in [6.07, 6.45) is 3.50. The number of carbonyl (C=O) groups is 2. The number of hydrogen-bond donors (Lipinski definition) is 1. The Balaban J connectivity index is 1.70. The zero-order valence-corrected chi connectivity index (χ0v) is 20.3. The van der Waals surface area contributed by atoms with Crippen molar-refractivity contribution in [3.8, 4) is 5.75 Å². The fraction of sp³-hybridized carbons (Fsp3) is 0.379. The quantitative estimate of drug-likeness (QED) is 0.197. The van der Waals surface area contributed by atoms with Gasteiger partial charge in [-0.15, -0.1) is 0 Å². The Labute approximate surface area is 201 Å². The van der Waals surface area contributed by atoms with E-state index in [-0.39, 0.29) is 24.9 Å². The van der Waals surface area contributed by atoms with Gasteiger partial charge in [-0.05, 0) is 60.4 Å². The van der Waals surface area contributed by atoms with Crippen LogP contribution in [0.15, 0.2) is 60.7 Å². The van der Waals surface area contributed by atoms with Gasteiger partial charge in [-0.25, -0.2) is 4.79 Å². The van der Waals surface area contributed by atoms with E-state index >= 15 is 0 Å². The molecule has 0 aliphatic carbocycles. The highest BCUT2D eigenvalue weighted by molar-refractivity contribution is 6.09. The summed E-state index contributed by atoms with van der Waals surface area (Å²) < 4.78 is 10.6. The maximum Gasteiger partial charge on any atom is 0.344 e. The van der Waals surface area contributed by atoms with E-state index in [0.29, 0.717) is 11.3 Å². The first-order valence-electron chi connectivity index (χ1n) is 12.0. The highest BCUT2D eigenvalue weighted by atomic mass is 16.6. The molecule has 0 aliphatic heterocycles. The average Bonchev–Trinajstić information content (AvgIpc) is 2.82. The van der Waals surface area contributed by atoms with Gasteiger partial charge in [-0.2, -0.15) is 0 Å². The number of esters is 1. The predicted molar refractivity (Wildman–Crippen MR) is 134 cm³/mol. The van der Waals surface area contributed by atoms with Crippen LogP contribution in [-0.4, -0.2) is 29.6 Å². The van der Waals surface area contributed by atoms with Crippen molar-refractivity contribution in [3.05, 3.63) is 77.4 Å². The molecule has 0 saturated heterocycles. The lowest BCUT2D eigenvalue weighted by Gasteiger charge is -2.13. The van der Waals surface area contributed by atoms with Crippen LogP contribution >= 0.6 is 0 Å². The zero-order valence-electron chi connectivity index (χ0n) is 20.3. The van der Waals surface area contributed by atoms with Gasteiger partial charge in [0.1, 0.15) is 5.75 Å². The molecule has 0 saturated carbocycles. The highest BCUT2D eigenvalue weighted by Gasteiger charge is 2.14. The predicted octanol–water partition coefficient (Wildman–Crippen LogP) is 6.21. The molecule has 5 heteroatoms. The van der Waals surface area contributed by atoms with Gasteiger partial charge in [0.2, 0.25) is 0 Å². The number of ether oxygens (including phenoxy) is 2. The van der Waals surface area contributed by atoms with Gasteiger partial charge >= 0.3 is 5.97 Å². The van der Waals surface area contributed by atoms with Crippen molar-refractivity contribution < 1.29 is 24.2 Å². The van der Waals surface area contributed by atoms with Gasteiger partial charge in [0.25, 0.3) is 0 Å². The molecule has 1 N–H and O–H groups in total. The molecule has 0 aliphatic rings. The normalized spacial score (nSPS) is 12.0. The second kappa shape index (κ2) is 12.3. The molecule has 0 spiro atoms. The molecule has 1 unspecified atom stereocenters. The largest absolute Gasteiger partial charge is 0.482 e. The number of benzene rings is 3. The Morgan fingerprint density at radius 3 is 2.53 bits per heavy atom. The Kier molecular flexibility index (Phi) is 9.23. The topological polar surface area (TPSA) is 72.8 Å². The van der Waals surface area contributed by atoms with Crippen LogP contribution in [0.1, 0.15) is 74.0 Å². The summed E-state index contributed by atoms with van der Waals surface area (Å²) in [5, 5.41) is 12.3. The van der Waals surface area contributed by atoms with Crippen LogP contribution in [0.5, 0.6) is 5.75 Å². The minimum Gasteiger partial charge on any atom is -0.482 e. The number of aliphatic hydroxyl groups excluding tert-OH is 1. The van der Waals surface area contributed by atoms with Crippen molar-refractivity contribution in [2.75, 3.05) is 6.61 Å². The molecule has 3 rings (SSSR count). The average molecular weight is 463 g/mol. The molecule has 0 heterocycles. The lowest BCUT2D eigenvalue weighted by atomic mass is 9.94. The monoisotopic (exact) mass is 462 g/mol. The third-order valence-corrected chi connectivity index (χ3v) is 5.66. The third-order valence-electron chi connectivity index (χ3n) is 5.66. The van der Waals surface area contributed by atoms with Crippen molar-refractivity contribution in [3.63, 3.8) is 0 Å². The summed E-state index contributed by atoms with van der Waals surface area (Å²) in [5.74, 6) is 0.0888. The number of unbranched alkanes of at least 4 members (excludes halogenated alkanes) is 2. The molecule has 5 nitrogen and oxygen atoms in total. The van der Waals surface area contributed by atoms with Gasteiger partial charge in [-0.3, -0.25) is 4.79 Å². The first-order valence-corrected chi connectivity index (χ1v) is 12.0. The number of ketones is 1. The molecule has 180 valence electrons. The SMILES string of the molecule is CCCCCC(O)c1ccc2c(C(=O)Cc3cccc(OCC(=O)OC(C)C)c3)cccc2c1. The third kappa shape index (κ3) is 7.16. The standard InChI is InChI=1S/C29H34O5/c1-4-5-6-13-27(30)23-14-15-25-22(18-23)10-8-12-26(25)28(31)17-21-9-7-11-24(16-21)33-19-29(32)34-20(2)3/h7-12,14-16,18,20,27,30H,4-6,13,17,19H2,1-3H3. The molecular weight excluding hydrogens is 428 g/mol.